The Morgan fingerprint density at radius 1 is 1.36 bits per heavy atom. The predicted octanol–water partition coefficient (Wildman–Crippen LogP) is 0.389. The molecule has 0 aliphatic rings. The summed E-state index contributed by atoms with van der Waals surface area (Å²) in [5, 5.41) is 12.9. The Bertz CT molecular complexity index is 309. The molecular weight excluding hydrogens is 176 g/mol. The van der Waals surface area contributed by atoms with Crippen LogP contribution in [0.2, 0.25) is 0 Å². The third kappa shape index (κ3) is 3.45. The molecule has 76 valence electrons. The van der Waals surface area contributed by atoms with Gasteiger partial charge in [0.1, 0.15) is 0 Å². The minimum atomic E-state index is 0.00372. The highest BCUT2D eigenvalue weighted by atomic mass is 15.0. The number of guanidine groups is 1. The van der Waals surface area contributed by atoms with E-state index in [1.165, 1.54) is 5.56 Å². The summed E-state index contributed by atoms with van der Waals surface area (Å²) in [7, 11) is 1.92. The number of nitrogens with one attached hydrogen (secondary N) is 3. The quantitative estimate of drug-likeness (QED) is 0.412. The van der Waals surface area contributed by atoms with Crippen LogP contribution in [0.3, 0.4) is 0 Å². The Morgan fingerprint density at radius 3 is 2.57 bits per heavy atom. The van der Waals surface area contributed by atoms with Gasteiger partial charge in [0.05, 0.1) is 0 Å². The molecule has 1 aromatic carbocycles. The molecule has 1 aromatic rings. The highest BCUT2D eigenvalue weighted by Gasteiger charge is 1.95. The minimum absolute atomic E-state index is 0.00372. The maximum atomic E-state index is 7.03. The Morgan fingerprint density at radius 2 is 2.00 bits per heavy atom. The van der Waals surface area contributed by atoms with Gasteiger partial charge >= 0.3 is 0 Å². The van der Waals surface area contributed by atoms with Crippen LogP contribution in [0.1, 0.15) is 11.1 Å². The first-order valence-corrected chi connectivity index (χ1v) is 4.52. The lowest BCUT2D eigenvalue weighted by Crippen LogP contribution is -2.29. The van der Waals surface area contributed by atoms with E-state index in [1.54, 1.807) is 0 Å². The van der Waals surface area contributed by atoms with Crippen LogP contribution < -0.4 is 16.4 Å². The Balaban J connectivity index is 2.58. The molecule has 0 saturated heterocycles. The van der Waals surface area contributed by atoms with E-state index in [4.69, 9.17) is 11.1 Å². The van der Waals surface area contributed by atoms with Crippen molar-refractivity contribution in [2.45, 2.75) is 13.1 Å². The van der Waals surface area contributed by atoms with E-state index in [9.17, 15) is 0 Å². The average Bonchev–Trinajstić information content (AvgIpc) is 2.16. The van der Waals surface area contributed by atoms with Gasteiger partial charge in [0, 0.05) is 13.1 Å². The van der Waals surface area contributed by atoms with Gasteiger partial charge in [0.15, 0.2) is 5.96 Å². The average molecular weight is 192 g/mol. The maximum Gasteiger partial charge on any atom is 0.185 e. The van der Waals surface area contributed by atoms with Crippen LogP contribution in [0.15, 0.2) is 24.3 Å². The molecule has 0 unspecified atom stereocenters. The van der Waals surface area contributed by atoms with Crippen molar-refractivity contribution < 1.29 is 0 Å². The normalized spacial score (nSPS) is 9.79. The molecule has 0 bridgehead atoms. The van der Waals surface area contributed by atoms with E-state index in [0.717, 1.165) is 12.1 Å². The number of benzene rings is 1. The van der Waals surface area contributed by atoms with E-state index in [2.05, 4.69) is 22.8 Å². The topological polar surface area (TPSA) is 73.9 Å². The van der Waals surface area contributed by atoms with Gasteiger partial charge in [-0.25, -0.2) is 0 Å². The molecule has 0 amide bonds. The second-order valence-electron chi connectivity index (χ2n) is 3.12. The summed E-state index contributed by atoms with van der Waals surface area (Å²) in [5.74, 6) is 0.00372. The third-order valence-corrected chi connectivity index (χ3v) is 1.86. The minimum Gasteiger partial charge on any atom is -0.370 e. The van der Waals surface area contributed by atoms with Gasteiger partial charge in [-0.05, 0) is 18.2 Å². The predicted molar refractivity (Wildman–Crippen MR) is 58.0 cm³/mol. The molecule has 0 aromatic heterocycles. The first-order valence-electron chi connectivity index (χ1n) is 4.52. The zero-order valence-corrected chi connectivity index (χ0v) is 8.30. The van der Waals surface area contributed by atoms with Gasteiger partial charge < -0.3 is 16.4 Å². The third-order valence-electron chi connectivity index (χ3n) is 1.86. The monoisotopic (exact) mass is 192 g/mol. The summed E-state index contributed by atoms with van der Waals surface area (Å²) in [6, 6.07) is 8.17. The van der Waals surface area contributed by atoms with Crippen LogP contribution in [0.4, 0.5) is 0 Å². The van der Waals surface area contributed by atoms with Crippen molar-refractivity contribution in [2.24, 2.45) is 5.73 Å². The van der Waals surface area contributed by atoms with Crippen molar-refractivity contribution in [3.8, 4) is 0 Å². The summed E-state index contributed by atoms with van der Waals surface area (Å²) in [6.45, 7) is 1.46. The summed E-state index contributed by atoms with van der Waals surface area (Å²) in [4.78, 5) is 0. The zero-order chi connectivity index (χ0) is 10.4. The standard InChI is InChI=1S/C10H16N4/c1-13-6-8-3-2-4-9(5-8)7-14-10(11)12/h2-5,13H,6-7H2,1H3,(H4,11,12,14). The SMILES string of the molecule is CNCc1cccc(CNC(=N)N)c1. The number of rotatable bonds is 4. The Labute approximate surface area is 84.0 Å². The highest BCUT2D eigenvalue weighted by Crippen LogP contribution is 2.04. The fraction of sp³-hybridized carbons (Fsp3) is 0.300. The summed E-state index contributed by atoms with van der Waals surface area (Å²) in [6.07, 6.45) is 0. The second-order valence-corrected chi connectivity index (χ2v) is 3.12. The van der Waals surface area contributed by atoms with Crippen molar-refractivity contribution in [2.75, 3.05) is 7.05 Å². The van der Waals surface area contributed by atoms with E-state index in [0.29, 0.717) is 6.54 Å². The van der Waals surface area contributed by atoms with Crippen LogP contribution in [0.5, 0.6) is 0 Å². The van der Waals surface area contributed by atoms with Gasteiger partial charge in [-0.3, -0.25) is 5.41 Å². The molecule has 0 saturated carbocycles. The molecule has 0 spiro atoms. The van der Waals surface area contributed by atoms with Crippen molar-refractivity contribution in [3.63, 3.8) is 0 Å². The lowest BCUT2D eigenvalue weighted by molar-refractivity contribution is 0.812. The van der Waals surface area contributed by atoms with Crippen LogP contribution in [-0.2, 0) is 13.1 Å². The first-order chi connectivity index (χ1) is 6.72. The summed E-state index contributed by atoms with van der Waals surface area (Å²) >= 11 is 0. The molecule has 0 fully saturated rings. The van der Waals surface area contributed by atoms with Crippen molar-refractivity contribution in [1.29, 1.82) is 5.41 Å². The maximum absolute atomic E-state index is 7.03. The summed E-state index contributed by atoms with van der Waals surface area (Å²) < 4.78 is 0. The van der Waals surface area contributed by atoms with E-state index in [1.807, 2.05) is 19.2 Å². The largest absolute Gasteiger partial charge is 0.370 e. The van der Waals surface area contributed by atoms with E-state index >= 15 is 0 Å². The molecule has 4 nitrogen and oxygen atoms in total. The van der Waals surface area contributed by atoms with E-state index < -0.39 is 0 Å². The van der Waals surface area contributed by atoms with Gasteiger partial charge in [-0.15, -0.1) is 0 Å². The molecular formula is C10H16N4. The van der Waals surface area contributed by atoms with E-state index in [-0.39, 0.29) is 5.96 Å². The molecule has 0 aliphatic carbocycles. The molecule has 0 aliphatic heterocycles. The Kier molecular flexibility index (Phi) is 3.94. The molecule has 14 heavy (non-hydrogen) atoms. The number of hydrogen-bond donors (Lipinski definition) is 4. The number of nitrogens with two attached hydrogens (primary N) is 1. The van der Waals surface area contributed by atoms with Crippen LogP contribution >= 0.6 is 0 Å². The molecule has 0 radical (unpaired) electrons. The van der Waals surface area contributed by atoms with Crippen LogP contribution in [0, 0.1) is 5.41 Å². The second kappa shape index (κ2) is 5.24. The molecule has 0 atom stereocenters. The molecule has 5 N–H and O–H groups in total. The highest BCUT2D eigenvalue weighted by molar-refractivity contribution is 5.74. The molecule has 0 heterocycles. The molecule has 4 heteroatoms. The van der Waals surface area contributed by atoms with Gasteiger partial charge in [0.25, 0.3) is 0 Å². The van der Waals surface area contributed by atoms with Gasteiger partial charge in [0.2, 0.25) is 0 Å². The van der Waals surface area contributed by atoms with Gasteiger partial charge in [-0.1, -0.05) is 24.3 Å². The van der Waals surface area contributed by atoms with Crippen molar-refractivity contribution in [3.05, 3.63) is 35.4 Å². The van der Waals surface area contributed by atoms with Crippen LogP contribution in [-0.4, -0.2) is 13.0 Å². The van der Waals surface area contributed by atoms with Crippen molar-refractivity contribution >= 4 is 5.96 Å². The fourth-order valence-electron chi connectivity index (χ4n) is 1.25. The lowest BCUT2D eigenvalue weighted by atomic mass is 10.1. The Hall–Kier alpha value is -1.55. The zero-order valence-electron chi connectivity index (χ0n) is 8.30. The fourth-order valence-corrected chi connectivity index (χ4v) is 1.25. The lowest BCUT2D eigenvalue weighted by Gasteiger charge is -2.06. The first kappa shape index (κ1) is 10.5. The van der Waals surface area contributed by atoms with Gasteiger partial charge in [-0.2, -0.15) is 0 Å². The van der Waals surface area contributed by atoms with Crippen LogP contribution in [0.25, 0.3) is 0 Å². The smallest absolute Gasteiger partial charge is 0.185 e. The summed E-state index contributed by atoms with van der Waals surface area (Å²) in [5.41, 5.74) is 7.56. The number of hydrogen-bond acceptors (Lipinski definition) is 2. The van der Waals surface area contributed by atoms with Crippen molar-refractivity contribution in [1.82, 2.24) is 10.6 Å². The molecule has 1 rings (SSSR count).